The molecule has 0 spiro atoms. The van der Waals surface area contributed by atoms with Gasteiger partial charge < -0.3 is 9.64 Å². The van der Waals surface area contributed by atoms with E-state index in [9.17, 15) is 4.79 Å². The molecule has 2 aromatic carbocycles. The zero-order valence-corrected chi connectivity index (χ0v) is 12.8. The van der Waals surface area contributed by atoms with Gasteiger partial charge in [-0.15, -0.1) is 0 Å². The second kappa shape index (κ2) is 7.84. The molecule has 0 aromatic heterocycles. The molecule has 0 aliphatic rings. The van der Waals surface area contributed by atoms with Gasteiger partial charge >= 0.3 is 6.09 Å². The maximum absolute atomic E-state index is 11.8. The normalized spacial score (nSPS) is 11.5. The van der Waals surface area contributed by atoms with Gasteiger partial charge in [0.2, 0.25) is 0 Å². The maximum Gasteiger partial charge on any atom is 0.414 e. The number of amides is 1. The molecular weight excluding hydrogens is 274 g/mol. The van der Waals surface area contributed by atoms with Crippen molar-refractivity contribution in [1.29, 1.82) is 0 Å². The van der Waals surface area contributed by atoms with Crippen molar-refractivity contribution in [2.24, 2.45) is 0 Å². The van der Waals surface area contributed by atoms with E-state index in [-0.39, 0.29) is 0 Å². The van der Waals surface area contributed by atoms with E-state index >= 15 is 0 Å². The van der Waals surface area contributed by atoms with Gasteiger partial charge in [0.1, 0.15) is 5.76 Å². The Kier molecular flexibility index (Phi) is 5.55. The molecule has 112 valence electrons. The van der Waals surface area contributed by atoms with Gasteiger partial charge in [-0.05, 0) is 11.6 Å². The molecule has 0 heterocycles. The molecule has 2 aromatic rings. The average Bonchev–Trinajstić information content (AvgIpc) is 2.55. The molecule has 0 saturated heterocycles. The van der Waals surface area contributed by atoms with Crippen molar-refractivity contribution in [1.82, 2.24) is 4.90 Å². The first-order chi connectivity index (χ1) is 10.7. The molecule has 0 atom stereocenters. The fourth-order valence-electron chi connectivity index (χ4n) is 1.79. The van der Waals surface area contributed by atoms with Crippen LogP contribution in [0.25, 0.3) is 11.8 Å². The number of hydrogen-bond donors (Lipinski definition) is 0. The first-order valence-electron chi connectivity index (χ1n) is 7.05. The molecule has 2 rings (SSSR count). The van der Waals surface area contributed by atoms with Gasteiger partial charge in [0.05, 0.1) is 0 Å². The van der Waals surface area contributed by atoms with Crippen molar-refractivity contribution in [2.45, 2.75) is 0 Å². The van der Waals surface area contributed by atoms with Gasteiger partial charge in [-0.3, -0.25) is 0 Å². The lowest BCUT2D eigenvalue weighted by Crippen LogP contribution is -2.22. The van der Waals surface area contributed by atoms with Crippen molar-refractivity contribution >= 4 is 17.9 Å². The number of benzene rings is 2. The second-order valence-electron chi connectivity index (χ2n) is 4.93. The van der Waals surface area contributed by atoms with E-state index in [1.165, 1.54) is 4.90 Å². The van der Waals surface area contributed by atoms with Gasteiger partial charge in [0.25, 0.3) is 0 Å². The summed E-state index contributed by atoms with van der Waals surface area (Å²) in [5, 5.41) is 0. The van der Waals surface area contributed by atoms with Crippen LogP contribution >= 0.6 is 0 Å². The Morgan fingerprint density at radius 3 is 2.14 bits per heavy atom. The van der Waals surface area contributed by atoms with Gasteiger partial charge in [0.15, 0.2) is 0 Å². The summed E-state index contributed by atoms with van der Waals surface area (Å²) in [7, 11) is 3.31. The van der Waals surface area contributed by atoms with Crippen molar-refractivity contribution < 1.29 is 9.53 Å². The number of ether oxygens (including phenoxy) is 1. The summed E-state index contributed by atoms with van der Waals surface area (Å²) >= 11 is 0. The van der Waals surface area contributed by atoms with E-state index in [0.717, 1.165) is 11.1 Å². The second-order valence-corrected chi connectivity index (χ2v) is 4.93. The molecule has 3 heteroatoms. The fraction of sp³-hybridized carbons (Fsp3) is 0.105. The summed E-state index contributed by atoms with van der Waals surface area (Å²) in [5.41, 5.74) is 1.94. The zero-order chi connectivity index (χ0) is 15.8. The van der Waals surface area contributed by atoms with Crippen LogP contribution in [0.4, 0.5) is 4.79 Å². The molecular formula is C19H19NO2. The third-order valence-electron chi connectivity index (χ3n) is 2.96. The number of nitrogens with zero attached hydrogens (tertiary/aromatic N) is 1. The Balaban J connectivity index is 2.22. The highest BCUT2D eigenvalue weighted by Crippen LogP contribution is 2.17. The molecule has 3 nitrogen and oxygen atoms in total. The first-order valence-corrected chi connectivity index (χ1v) is 7.05. The Morgan fingerprint density at radius 2 is 1.55 bits per heavy atom. The van der Waals surface area contributed by atoms with Gasteiger partial charge in [-0.2, -0.15) is 0 Å². The fourth-order valence-corrected chi connectivity index (χ4v) is 1.79. The molecule has 0 radical (unpaired) electrons. The summed E-state index contributed by atoms with van der Waals surface area (Å²) in [6, 6.07) is 19.5. The van der Waals surface area contributed by atoms with E-state index in [1.54, 1.807) is 20.2 Å². The van der Waals surface area contributed by atoms with Crippen LogP contribution in [-0.4, -0.2) is 25.1 Å². The standard InChI is InChI=1S/C19H19NO2/c1-20(2)19(21)22-18(17-13-7-4-8-14-17)15-9-12-16-10-5-3-6-11-16/h3-15H,1-2H3/b12-9+,18-15-. The molecule has 0 fully saturated rings. The minimum Gasteiger partial charge on any atom is -0.410 e. The number of rotatable bonds is 4. The number of carbonyl (C=O) groups is 1. The van der Waals surface area contributed by atoms with Crippen LogP contribution < -0.4 is 0 Å². The van der Waals surface area contributed by atoms with E-state index in [4.69, 9.17) is 4.74 Å². The lowest BCUT2D eigenvalue weighted by molar-refractivity contribution is 0.162. The predicted molar refractivity (Wildman–Crippen MR) is 90.1 cm³/mol. The number of allylic oxidation sites excluding steroid dienone is 2. The predicted octanol–water partition coefficient (Wildman–Crippen LogP) is 4.44. The maximum atomic E-state index is 11.8. The van der Waals surface area contributed by atoms with Crippen LogP contribution in [-0.2, 0) is 4.74 Å². The summed E-state index contributed by atoms with van der Waals surface area (Å²) < 4.78 is 5.43. The van der Waals surface area contributed by atoms with Crippen molar-refractivity contribution in [2.75, 3.05) is 14.1 Å². The highest BCUT2D eigenvalue weighted by Gasteiger charge is 2.10. The van der Waals surface area contributed by atoms with Crippen LogP contribution in [0, 0.1) is 0 Å². The van der Waals surface area contributed by atoms with E-state index in [1.807, 2.05) is 72.8 Å². The molecule has 22 heavy (non-hydrogen) atoms. The SMILES string of the molecule is CN(C)C(=O)O/C(=C\C=C\c1ccccc1)c1ccccc1. The molecule has 0 N–H and O–H groups in total. The van der Waals surface area contributed by atoms with Crippen molar-refractivity contribution in [3.63, 3.8) is 0 Å². The van der Waals surface area contributed by atoms with Crippen LogP contribution in [0.15, 0.2) is 72.8 Å². The van der Waals surface area contributed by atoms with Gasteiger partial charge in [-0.25, -0.2) is 4.79 Å². The third kappa shape index (κ3) is 4.63. The monoisotopic (exact) mass is 293 g/mol. The van der Waals surface area contributed by atoms with E-state index in [2.05, 4.69) is 0 Å². The van der Waals surface area contributed by atoms with Gasteiger partial charge in [0, 0.05) is 19.7 Å². The lowest BCUT2D eigenvalue weighted by Gasteiger charge is -2.13. The summed E-state index contributed by atoms with van der Waals surface area (Å²) in [6.45, 7) is 0. The Bertz CT molecular complexity index is 658. The largest absolute Gasteiger partial charge is 0.414 e. The van der Waals surface area contributed by atoms with Crippen molar-refractivity contribution in [3.8, 4) is 0 Å². The van der Waals surface area contributed by atoms with Crippen LogP contribution in [0.3, 0.4) is 0 Å². The third-order valence-corrected chi connectivity index (χ3v) is 2.96. The number of hydrogen-bond acceptors (Lipinski definition) is 2. The Labute approximate surface area is 131 Å². The highest BCUT2D eigenvalue weighted by molar-refractivity contribution is 5.77. The molecule has 0 unspecified atom stereocenters. The Morgan fingerprint density at radius 1 is 0.955 bits per heavy atom. The topological polar surface area (TPSA) is 29.5 Å². The molecule has 0 aliphatic heterocycles. The zero-order valence-electron chi connectivity index (χ0n) is 12.8. The number of carbonyl (C=O) groups excluding carboxylic acids is 1. The van der Waals surface area contributed by atoms with Crippen molar-refractivity contribution in [3.05, 3.63) is 83.9 Å². The quantitative estimate of drug-likeness (QED) is 0.616. The first kappa shape index (κ1) is 15.6. The average molecular weight is 293 g/mol. The summed E-state index contributed by atoms with van der Waals surface area (Å²) in [4.78, 5) is 13.2. The molecule has 1 amide bonds. The smallest absolute Gasteiger partial charge is 0.410 e. The van der Waals surface area contributed by atoms with Crippen LogP contribution in [0.5, 0.6) is 0 Å². The van der Waals surface area contributed by atoms with E-state index in [0.29, 0.717) is 5.76 Å². The van der Waals surface area contributed by atoms with Gasteiger partial charge in [-0.1, -0.05) is 72.8 Å². The highest BCUT2D eigenvalue weighted by atomic mass is 16.6. The minimum atomic E-state index is -0.400. The van der Waals surface area contributed by atoms with Crippen LogP contribution in [0.2, 0.25) is 0 Å². The summed E-state index contributed by atoms with van der Waals surface area (Å²) in [5.74, 6) is 0.520. The minimum absolute atomic E-state index is 0.400. The molecule has 0 bridgehead atoms. The van der Waals surface area contributed by atoms with Crippen LogP contribution in [0.1, 0.15) is 11.1 Å². The molecule has 0 saturated carbocycles. The lowest BCUT2D eigenvalue weighted by atomic mass is 10.1. The summed E-state index contributed by atoms with van der Waals surface area (Å²) in [6.07, 6.45) is 5.24. The van der Waals surface area contributed by atoms with E-state index < -0.39 is 6.09 Å². The molecule has 0 aliphatic carbocycles. The Hall–Kier alpha value is -2.81.